The van der Waals surface area contributed by atoms with E-state index in [9.17, 15) is 9.59 Å². The van der Waals surface area contributed by atoms with Crippen LogP contribution in [0.3, 0.4) is 0 Å². The summed E-state index contributed by atoms with van der Waals surface area (Å²) in [6.45, 7) is 4.77. The summed E-state index contributed by atoms with van der Waals surface area (Å²) in [5, 5.41) is 4.08. The molecule has 0 spiro atoms. The molecule has 7 nitrogen and oxygen atoms in total. The lowest BCUT2D eigenvalue weighted by molar-refractivity contribution is -0.452. The molecule has 7 heteroatoms. The zero-order chi connectivity index (χ0) is 16.2. The molecule has 0 saturated heterocycles. The predicted octanol–water partition coefficient (Wildman–Crippen LogP) is 2.97. The molecule has 0 bridgehead atoms. The molecule has 22 heavy (non-hydrogen) atoms. The van der Waals surface area contributed by atoms with Crippen molar-refractivity contribution >= 4 is 12.1 Å². The smallest absolute Gasteiger partial charge is 0.430 e. The van der Waals surface area contributed by atoms with Gasteiger partial charge in [-0.15, -0.1) is 0 Å². The van der Waals surface area contributed by atoms with E-state index in [2.05, 4.69) is 19.6 Å². The van der Waals surface area contributed by atoms with Crippen molar-refractivity contribution in [3.8, 4) is 0 Å². The summed E-state index contributed by atoms with van der Waals surface area (Å²) in [6.07, 6.45) is 0.863. The second-order valence-corrected chi connectivity index (χ2v) is 4.46. The third-order valence-electron chi connectivity index (χ3n) is 2.56. The molecule has 0 fully saturated rings. The molecule has 0 aromatic heterocycles. The average Bonchev–Trinajstić information content (AvgIpc) is 2.50. The zero-order valence-corrected chi connectivity index (χ0v) is 12.7. The molecular formula is C15H20O7. The molecular weight excluding hydrogens is 292 g/mol. The SMILES string of the molecule is CCCCOCCOC(=O)OOOC(=O)c1cccc(C)c1. The maximum Gasteiger partial charge on any atom is 0.543 e. The summed E-state index contributed by atoms with van der Waals surface area (Å²) in [4.78, 5) is 31.1. The number of rotatable bonds is 9. The number of carbonyl (C=O) groups excluding carboxylic acids is 2. The molecule has 1 rings (SSSR count). The lowest BCUT2D eigenvalue weighted by atomic mass is 10.1. The number of carbonyl (C=O) groups is 2. The number of unbranched alkanes of at least 4 members (excludes halogenated alkanes) is 1. The van der Waals surface area contributed by atoms with E-state index in [-0.39, 0.29) is 18.8 Å². The van der Waals surface area contributed by atoms with Crippen molar-refractivity contribution in [3.63, 3.8) is 0 Å². The van der Waals surface area contributed by atoms with E-state index in [4.69, 9.17) is 4.74 Å². The standard InChI is InChI=1S/C15H20O7/c1-3-4-8-18-9-10-19-15(17)21-22-20-14(16)13-7-5-6-12(2)11-13/h5-7,11H,3-4,8-10H2,1-2H3. The van der Waals surface area contributed by atoms with Crippen LogP contribution in [0, 0.1) is 6.92 Å². The van der Waals surface area contributed by atoms with Crippen LogP contribution in [0.15, 0.2) is 24.3 Å². The van der Waals surface area contributed by atoms with E-state index >= 15 is 0 Å². The van der Waals surface area contributed by atoms with Gasteiger partial charge in [-0.1, -0.05) is 31.0 Å². The highest BCUT2D eigenvalue weighted by atomic mass is 17.5. The molecule has 0 N–H and O–H groups in total. The molecule has 0 atom stereocenters. The van der Waals surface area contributed by atoms with Gasteiger partial charge in [0.2, 0.25) is 0 Å². The Morgan fingerprint density at radius 3 is 2.64 bits per heavy atom. The monoisotopic (exact) mass is 312 g/mol. The summed E-state index contributed by atoms with van der Waals surface area (Å²) in [7, 11) is 0. The van der Waals surface area contributed by atoms with Crippen LogP contribution in [0.4, 0.5) is 4.79 Å². The Morgan fingerprint density at radius 1 is 1.09 bits per heavy atom. The first kappa shape index (κ1) is 17.9. The van der Waals surface area contributed by atoms with Gasteiger partial charge >= 0.3 is 12.1 Å². The van der Waals surface area contributed by atoms with Crippen molar-refractivity contribution in [2.45, 2.75) is 26.7 Å². The fourth-order valence-corrected chi connectivity index (χ4v) is 1.45. The van der Waals surface area contributed by atoms with Crippen LogP contribution in [0.2, 0.25) is 0 Å². The van der Waals surface area contributed by atoms with E-state index in [1.54, 1.807) is 18.2 Å². The molecule has 0 aliphatic carbocycles. The predicted molar refractivity (Wildman–Crippen MR) is 75.8 cm³/mol. The average molecular weight is 312 g/mol. The van der Waals surface area contributed by atoms with Gasteiger partial charge in [-0.2, -0.15) is 0 Å². The molecule has 122 valence electrons. The first-order chi connectivity index (χ1) is 10.6. The number of ether oxygens (including phenoxy) is 2. The van der Waals surface area contributed by atoms with Crippen LogP contribution in [-0.2, 0) is 24.3 Å². The molecule has 0 amide bonds. The molecule has 0 heterocycles. The van der Waals surface area contributed by atoms with E-state index < -0.39 is 12.1 Å². The summed E-state index contributed by atoms with van der Waals surface area (Å²) in [5.41, 5.74) is 1.17. The van der Waals surface area contributed by atoms with Gasteiger partial charge in [0, 0.05) is 6.61 Å². The van der Waals surface area contributed by atoms with Crippen molar-refractivity contribution in [2.75, 3.05) is 19.8 Å². The van der Waals surface area contributed by atoms with Gasteiger partial charge < -0.3 is 9.47 Å². The van der Waals surface area contributed by atoms with Gasteiger partial charge in [-0.05, 0) is 25.5 Å². The number of aryl methyl sites for hydroxylation is 1. The Bertz CT molecular complexity index is 473. The largest absolute Gasteiger partial charge is 0.543 e. The van der Waals surface area contributed by atoms with Gasteiger partial charge in [0.25, 0.3) is 0 Å². The van der Waals surface area contributed by atoms with Crippen LogP contribution >= 0.6 is 0 Å². The third-order valence-corrected chi connectivity index (χ3v) is 2.56. The third kappa shape index (κ3) is 7.61. The van der Waals surface area contributed by atoms with E-state index in [1.165, 1.54) is 0 Å². The van der Waals surface area contributed by atoms with Gasteiger partial charge in [0.1, 0.15) is 6.61 Å². The maximum absolute atomic E-state index is 11.5. The van der Waals surface area contributed by atoms with Crippen molar-refractivity contribution in [1.82, 2.24) is 0 Å². The molecule has 0 aliphatic heterocycles. The topological polar surface area (TPSA) is 80.3 Å². The Morgan fingerprint density at radius 2 is 1.91 bits per heavy atom. The first-order valence-electron chi connectivity index (χ1n) is 7.00. The number of benzene rings is 1. The fourth-order valence-electron chi connectivity index (χ4n) is 1.45. The van der Waals surface area contributed by atoms with Crippen molar-refractivity contribution < 1.29 is 33.9 Å². The maximum atomic E-state index is 11.5. The van der Waals surface area contributed by atoms with Crippen LogP contribution in [0.5, 0.6) is 0 Å². The molecule has 1 aromatic carbocycles. The quantitative estimate of drug-likeness (QED) is 0.300. The fraction of sp³-hybridized carbons (Fsp3) is 0.467. The molecule has 0 aliphatic rings. The van der Waals surface area contributed by atoms with Gasteiger partial charge in [-0.3, -0.25) is 4.89 Å². The minimum atomic E-state index is -1.11. The van der Waals surface area contributed by atoms with Crippen LogP contribution in [-0.4, -0.2) is 31.9 Å². The highest BCUT2D eigenvalue weighted by Crippen LogP contribution is 2.06. The van der Waals surface area contributed by atoms with Crippen LogP contribution in [0.1, 0.15) is 35.7 Å². The Kier molecular flexibility index (Phi) is 8.63. The minimum Gasteiger partial charge on any atom is -0.430 e. The van der Waals surface area contributed by atoms with Gasteiger partial charge in [-0.25, -0.2) is 14.5 Å². The lowest BCUT2D eigenvalue weighted by Crippen LogP contribution is -2.14. The highest BCUT2D eigenvalue weighted by molar-refractivity contribution is 5.89. The normalized spacial score (nSPS) is 10.1. The second kappa shape index (κ2) is 10.6. The summed E-state index contributed by atoms with van der Waals surface area (Å²) in [5.74, 6) is -0.778. The van der Waals surface area contributed by atoms with Gasteiger partial charge in [0.15, 0.2) is 0 Å². The minimum absolute atomic E-state index is 0.0255. The molecule has 1 aromatic rings. The van der Waals surface area contributed by atoms with Gasteiger partial charge in [0.05, 0.1) is 17.2 Å². The molecule has 0 unspecified atom stereocenters. The Hall–Kier alpha value is -2.12. The zero-order valence-electron chi connectivity index (χ0n) is 12.7. The summed E-state index contributed by atoms with van der Waals surface area (Å²) >= 11 is 0. The number of hydrogen-bond donors (Lipinski definition) is 0. The Balaban J connectivity index is 2.10. The van der Waals surface area contributed by atoms with Crippen molar-refractivity contribution in [3.05, 3.63) is 35.4 Å². The van der Waals surface area contributed by atoms with E-state index in [0.717, 1.165) is 18.4 Å². The summed E-state index contributed by atoms with van der Waals surface area (Å²) < 4.78 is 9.80. The lowest BCUT2D eigenvalue weighted by Gasteiger charge is -2.05. The Labute approximate surface area is 128 Å². The first-order valence-corrected chi connectivity index (χ1v) is 7.00. The number of hydrogen-bond acceptors (Lipinski definition) is 7. The highest BCUT2D eigenvalue weighted by Gasteiger charge is 2.12. The summed E-state index contributed by atoms with van der Waals surface area (Å²) in [6, 6.07) is 6.68. The van der Waals surface area contributed by atoms with E-state index in [1.807, 2.05) is 19.9 Å². The second-order valence-electron chi connectivity index (χ2n) is 4.46. The van der Waals surface area contributed by atoms with Crippen molar-refractivity contribution in [1.29, 1.82) is 0 Å². The molecule has 0 radical (unpaired) electrons. The van der Waals surface area contributed by atoms with E-state index in [0.29, 0.717) is 6.61 Å². The van der Waals surface area contributed by atoms with Crippen LogP contribution in [0.25, 0.3) is 0 Å². The molecule has 0 saturated carbocycles. The van der Waals surface area contributed by atoms with Crippen molar-refractivity contribution in [2.24, 2.45) is 0 Å². The van der Waals surface area contributed by atoms with Crippen LogP contribution < -0.4 is 0 Å².